The van der Waals surface area contributed by atoms with Gasteiger partial charge < -0.3 is 24.1 Å². The molecule has 1 N–H and O–H groups in total. The van der Waals surface area contributed by atoms with E-state index in [9.17, 15) is 14.7 Å². The lowest BCUT2D eigenvalue weighted by Crippen LogP contribution is -2.47. The number of aliphatic hydroxyl groups is 1. The summed E-state index contributed by atoms with van der Waals surface area (Å²) in [5, 5.41) is 9.89. The Labute approximate surface area is 132 Å². The average molecular weight is 320 g/mol. The molecule has 7 heteroatoms. The van der Waals surface area contributed by atoms with E-state index in [1.165, 1.54) is 7.11 Å². The van der Waals surface area contributed by atoms with Crippen LogP contribution in [0.5, 0.6) is 11.5 Å². The summed E-state index contributed by atoms with van der Waals surface area (Å²) in [6.07, 6.45) is -0.514. The van der Waals surface area contributed by atoms with Crippen LogP contribution in [0.3, 0.4) is 0 Å². The Morgan fingerprint density at radius 3 is 2.78 bits per heavy atom. The Morgan fingerprint density at radius 2 is 2.17 bits per heavy atom. The van der Waals surface area contributed by atoms with Crippen molar-refractivity contribution in [1.29, 1.82) is 0 Å². The normalized spacial score (nSPS) is 37.5. The second kappa shape index (κ2) is 4.46. The van der Waals surface area contributed by atoms with Crippen molar-refractivity contribution >= 4 is 11.8 Å². The van der Waals surface area contributed by atoms with Gasteiger partial charge in [0, 0.05) is 5.92 Å². The predicted molar refractivity (Wildman–Crippen MR) is 75.2 cm³/mol. The summed E-state index contributed by atoms with van der Waals surface area (Å²) >= 11 is 0. The first-order valence-corrected chi connectivity index (χ1v) is 7.40. The minimum atomic E-state index is -1.65. The number of cyclic esters (lactones) is 1. The summed E-state index contributed by atoms with van der Waals surface area (Å²) in [7, 11) is 1.46. The predicted octanol–water partition coefficient (Wildman–Crippen LogP) is 0.679. The first kappa shape index (κ1) is 14.5. The minimum absolute atomic E-state index is 0.184. The number of carbonyl (C=O) groups is 2. The van der Waals surface area contributed by atoms with Gasteiger partial charge in [-0.2, -0.15) is 0 Å². The first-order chi connectivity index (χ1) is 11.0. The summed E-state index contributed by atoms with van der Waals surface area (Å²) in [6, 6.07) is 4.99. The van der Waals surface area contributed by atoms with Crippen molar-refractivity contribution in [2.45, 2.75) is 30.8 Å². The number of fused-ring (bicyclic) bond motifs is 1. The molecule has 0 saturated carbocycles. The van der Waals surface area contributed by atoms with Crippen molar-refractivity contribution in [3.8, 4) is 11.5 Å². The highest BCUT2D eigenvalue weighted by molar-refractivity contribution is 6.11. The Morgan fingerprint density at radius 1 is 1.39 bits per heavy atom. The lowest BCUT2D eigenvalue weighted by molar-refractivity contribution is -0.145. The average Bonchev–Trinajstić information content (AvgIpc) is 2.93. The van der Waals surface area contributed by atoms with Gasteiger partial charge >= 0.3 is 11.8 Å². The highest BCUT2D eigenvalue weighted by Crippen LogP contribution is 2.61. The fraction of sp³-hybridized carbons (Fsp3) is 0.500. The lowest BCUT2D eigenvalue weighted by Gasteiger charge is -2.21. The molecule has 4 atom stereocenters. The molecule has 7 nitrogen and oxygen atoms in total. The highest BCUT2D eigenvalue weighted by atomic mass is 16.8. The molecule has 0 aliphatic carbocycles. The van der Waals surface area contributed by atoms with E-state index in [0.717, 1.165) is 0 Å². The summed E-state index contributed by atoms with van der Waals surface area (Å²) in [5.74, 6) is -1.92. The molecule has 3 heterocycles. The van der Waals surface area contributed by atoms with E-state index in [1.807, 2.05) is 6.92 Å². The number of aliphatic hydroxyl groups excluding tert-OH is 1. The monoisotopic (exact) mass is 320 g/mol. The fourth-order valence-electron chi connectivity index (χ4n) is 3.63. The van der Waals surface area contributed by atoms with Crippen molar-refractivity contribution in [2.24, 2.45) is 5.92 Å². The zero-order valence-corrected chi connectivity index (χ0v) is 12.7. The zero-order chi connectivity index (χ0) is 16.4. The third kappa shape index (κ3) is 1.61. The Balaban J connectivity index is 1.75. The molecule has 0 bridgehead atoms. The molecule has 122 valence electrons. The number of methoxy groups -OCH3 is 1. The maximum absolute atomic E-state index is 12.9. The minimum Gasteiger partial charge on any atom is -0.496 e. The molecule has 4 unspecified atom stereocenters. The summed E-state index contributed by atoms with van der Waals surface area (Å²) in [5.41, 5.74) is -1.10. The largest absolute Gasteiger partial charge is 0.496 e. The molecule has 1 spiro atoms. The van der Waals surface area contributed by atoms with Crippen molar-refractivity contribution in [3.63, 3.8) is 0 Å². The van der Waals surface area contributed by atoms with E-state index in [2.05, 4.69) is 0 Å². The van der Waals surface area contributed by atoms with Crippen molar-refractivity contribution < 1.29 is 33.6 Å². The van der Waals surface area contributed by atoms with Gasteiger partial charge in [0.1, 0.15) is 23.2 Å². The number of ether oxygens (including phenoxy) is 4. The molecule has 3 aliphatic rings. The Hall–Kier alpha value is -2.12. The van der Waals surface area contributed by atoms with Gasteiger partial charge in [-0.1, -0.05) is 13.0 Å². The van der Waals surface area contributed by atoms with Gasteiger partial charge in [-0.3, -0.25) is 9.59 Å². The van der Waals surface area contributed by atoms with Crippen LogP contribution in [0.15, 0.2) is 18.2 Å². The number of hydrogen-bond donors (Lipinski definition) is 1. The van der Waals surface area contributed by atoms with Gasteiger partial charge in [-0.05, 0) is 12.1 Å². The smallest absolute Gasteiger partial charge is 0.312 e. The van der Waals surface area contributed by atoms with Crippen LogP contribution in [0, 0.1) is 5.92 Å². The number of ketones is 1. The third-order valence-corrected chi connectivity index (χ3v) is 4.79. The maximum Gasteiger partial charge on any atom is 0.312 e. The third-order valence-electron chi connectivity index (χ3n) is 4.79. The zero-order valence-electron chi connectivity index (χ0n) is 12.7. The topological polar surface area (TPSA) is 94.6 Å². The van der Waals surface area contributed by atoms with E-state index in [-0.39, 0.29) is 23.9 Å². The second-order valence-electron chi connectivity index (χ2n) is 6.12. The van der Waals surface area contributed by atoms with Gasteiger partial charge in [0.05, 0.1) is 20.1 Å². The summed E-state index contributed by atoms with van der Waals surface area (Å²) < 4.78 is 21.9. The molecular weight excluding hydrogens is 304 g/mol. The lowest BCUT2D eigenvalue weighted by atomic mass is 9.86. The number of carbonyl (C=O) groups excluding carboxylic acids is 2. The first-order valence-electron chi connectivity index (χ1n) is 7.40. The van der Waals surface area contributed by atoms with Crippen molar-refractivity contribution in [1.82, 2.24) is 0 Å². The molecular formula is C16H16O7. The number of epoxide rings is 1. The molecule has 1 aromatic rings. The van der Waals surface area contributed by atoms with E-state index in [1.54, 1.807) is 18.2 Å². The molecule has 2 fully saturated rings. The Bertz CT molecular complexity index is 714. The van der Waals surface area contributed by atoms with Crippen molar-refractivity contribution in [2.75, 3.05) is 13.7 Å². The van der Waals surface area contributed by atoms with E-state index >= 15 is 0 Å². The van der Waals surface area contributed by atoms with Crippen LogP contribution in [0.1, 0.15) is 23.7 Å². The number of Topliss-reactive ketones (excluding diaryl/α,β-unsaturated/α-hetero) is 1. The van der Waals surface area contributed by atoms with Crippen LogP contribution in [-0.4, -0.2) is 48.1 Å². The standard InChI is InChI=1S/C16H16O7/c1-8-6-11(18)21-14(8)15(7-17)16(23-15)13(19)12-9(20-2)4-3-5-10(12)22-16/h3-5,8,14,17H,6-7H2,1-2H3. The van der Waals surface area contributed by atoms with Crippen LogP contribution in [-0.2, 0) is 14.3 Å². The van der Waals surface area contributed by atoms with E-state index < -0.39 is 29.9 Å². The number of rotatable bonds is 3. The van der Waals surface area contributed by atoms with Crippen LogP contribution >= 0.6 is 0 Å². The molecule has 0 radical (unpaired) electrons. The fourth-order valence-corrected chi connectivity index (χ4v) is 3.63. The number of benzene rings is 1. The highest BCUT2D eigenvalue weighted by Gasteiger charge is 2.85. The molecule has 1 aromatic carbocycles. The molecule has 4 rings (SSSR count). The SMILES string of the molecule is COc1cccc2c1C(=O)C1(O2)OC1(CO)C1OC(=O)CC1C. The van der Waals surface area contributed by atoms with E-state index in [4.69, 9.17) is 18.9 Å². The maximum atomic E-state index is 12.9. The molecule has 0 aromatic heterocycles. The van der Waals surface area contributed by atoms with Crippen LogP contribution in [0.4, 0.5) is 0 Å². The number of hydrogen-bond acceptors (Lipinski definition) is 7. The van der Waals surface area contributed by atoms with Gasteiger partial charge in [0.25, 0.3) is 0 Å². The van der Waals surface area contributed by atoms with E-state index in [0.29, 0.717) is 11.5 Å². The summed E-state index contributed by atoms with van der Waals surface area (Å²) in [4.78, 5) is 24.5. The second-order valence-corrected chi connectivity index (χ2v) is 6.12. The molecule has 23 heavy (non-hydrogen) atoms. The van der Waals surface area contributed by atoms with Crippen molar-refractivity contribution in [3.05, 3.63) is 23.8 Å². The molecule has 3 aliphatic heterocycles. The van der Waals surface area contributed by atoms with Crippen LogP contribution in [0.2, 0.25) is 0 Å². The quantitative estimate of drug-likeness (QED) is 0.646. The van der Waals surface area contributed by atoms with Gasteiger partial charge in [0.15, 0.2) is 0 Å². The van der Waals surface area contributed by atoms with Gasteiger partial charge in [-0.25, -0.2) is 0 Å². The van der Waals surface area contributed by atoms with Crippen LogP contribution in [0.25, 0.3) is 0 Å². The Kier molecular flexibility index (Phi) is 2.80. The molecule has 0 amide bonds. The van der Waals surface area contributed by atoms with Gasteiger partial charge in [0.2, 0.25) is 11.4 Å². The van der Waals surface area contributed by atoms with Gasteiger partial charge in [-0.15, -0.1) is 0 Å². The number of esters is 1. The molecule has 2 saturated heterocycles. The summed E-state index contributed by atoms with van der Waals surface area (Å²) in [6.45, 7) is 1.33. The van der Waals surface area contributed by atoms with Crippen LogP contribution < -0.4 is 9.47 Å².